The fourth-order valence-electron chi connectivity index (χ4n) is 2.03. The van der Waals surface area contributed by atoms with Crippen molar-refractivity contribution in [3.05, 3.63) is 22.7 Å². The first-order valence-electron chi connectivity index (χ1n) is 6.63. The second-order valence-corrected chi connectivity index (χ2v) is 5.23. The summed E-state index contributed by atoms with van der Waals surface area (Å²) < 4.78 is 1.79. The lowest BCUT2D eigenvalue weighted by Crippen LogP contribution is -2.26. The number of nitrogens with zero attached hydrogens (tertiary/aromatic N) is 2. The van der Waals surface area contributed by atoms with E-state index in [4.69, 9.17) is 11.6 Å². The van der Waals surface area contributed by atoms with Crippen molar-refractivity contribution >= 4 is 17.4 Å². The van der Waals surface area contributed by atoms with Crippen LogP contribution in [0.5, 0.6) is 0 Å². The molecule has 100 valence electrons. The van der Waals surface area contributed by atoms with E-state index < -0.39 is 0 Å². The zero-order valence-electron chi connectivity index (χ0n) is 10.7. The Labute approximate surface area is 112 Å². The monoisotopic (exact) mass is 269 g/mol. The third kappa shape index (κ3) is 3.25. The molecule has 1 unspecified atom stereocenters. The molecule has 1 fully saturated rings. The van der Waals surface area contributed by atoms with Gasteiger partial charge in [-0.1, -0.05) is 13.3 Å². The number of alkyl halides is 1. The number of halogens is 1. The van der Waals surface area contributed by atoms with E-state index in [2.05, 4.69) is 17.2 Å². The van der Waals surface area contributed by atoms with Crippen molar-refractivity contribution in [1.82, 2.24) is 9.55 Å². The van der Waals surface area contributed by atoms with Gasteiger partial charge < -0.3 is 9.88 Å². The van der Waals surface area contributed by atoms with E-state index in [0.29, 0.717) is 23.7 Å². The van der Waals surface area contributed by atoms with Crippen LogP contribution in [0.1, 0.15) is 38.6 Å². The van der Waals surface area contributed by atoms with Crippen LogP contribution in [-0.2, 0) is 0 Å². The molecular formula is C13H20ClN3O. The van der Waals surface area contributed by atoms with Crippen molar-refractivity contribution in [1.29, 1.82) is 0 Å². The van der Waals surface area contributed by atoms with Crippen LogP contribution in [0.2, 0.25) is 0 Å². The molecule has 0 spiro atoms. The largest absolute Gasteiger partial charge is 0.365 e. The second-order valence-electron chi connectivity index (χ2n) is 4.85. The molecule has 1 aliphatic rings. The van der Waals surface area contributed by atoms with E-state index >= 15 is 0 Å². The minimum atomic E-state index is 0.000673. The topological polar surface area (TPSA) is 46.9 Å². The summed E-state index contributed by atoms with van der Waals surface area (Å²) in [5, 5.41) is 3.17. The molecule has 0 aliphatic heterocycles. The molecule has 0 radical (unpaired) electrons. The number of rotatable bonds is 7. The fourth-order valence-corrected chi connectivity index (χ4v) is 2.34. The smallest absolute Gasteiger partial charge is 0.293 e. The van der Waals surface area contributed by atoms with Crippen molar-refractivity contribution in [3.63, 3.8) is 0 Å². The van der Waals surface area contributed by atoms with Gasteiger partial charge in [0.1, 0.15) is 0 Å². The van der Waals surface area contributed by atoms with Gasteiger partial charge in [0, 0.05) is 30.9 Å². The highest BCUT2D eigenvalue weighted by atomic mass is 35.5. The van der Waals surface area contributed by atoms with E-state index in [9.17, 15) is 4.79 Å². The summed E-state index contributed by atoms with van der Waals surface area (Å²) in [5.41, 5.74) is 0.000673. The van der Waals surface area contributed by atoms with E-state index in [-0.39, 0.29) is 5.56 Å². The Balaban J connectivity index is 2.00. The first-order chi connectivity index (χ1) is 8.76. The summed E-state index contributed by atoms with van der Waals surface area (Å²) >= 11 is 5.75. The molecule has 1 aromatic rings. The summed E-state index contributed by atoms with van der Waals surface area (Å²) in [7, 11) is 0. The van der Waals surface area contributed by atoms with Gasteiger partial charge in [-0.05, 0) is 25.2 Å². The van der Waals surface area contributed by atoms with E-state index in [1.165, 1.54) is 0 Å². The predicted octanol–water partition coefficient (Wildman–Crippen LogP) is 2.65. The van der Waals surface area contributed by atoms with Crippen molar-refractivity contribution < 1.29 is 0 Å². The molecule has 1 aliphatic carbocycles. The van der Waals surface area contributed by atoms with Crippen LogP contribution < -0.4 is 10.9 Å². The van der Waals surface area contributed by atoms with Crippen molar-refractivity contribution in [2.75, 3.05) is 17.7 Å². The van der Waals surface area contributed by atoms with Crippen LogP contribution in [0.3, 0.4) is 0 Å². The highest BCUT2D eigenvalue weighted by Crippen LogP contribution is 2.33. The normalized spacial score (nSPS) is 16.6. The molecule has 0 amide bonds. The van der Waals surface area contributed by atoms with Crippen molar-refractivity contribution in [2.24, 2.45) is 5.92 Å². The minimum absolute atomic E-state index is 0.000673. The van der Waals surface area contributed by atoms with Gasteiger partial charge >= 0.3 is 0 Å². The number of anilines is 1. The number of hydrogen-bond acceptors (Lipinski definition) is 3. The molecule has 0 aromatic carbocycles. The summed E-state index contributed by atoms with van der Waals surface area (Å²) in [6.45, 7) is 2.90. The predicted molar refractivity (Wildman–Crippen MR) is 74.4 cm³/mol. The van der Waals surface area contributed by atoms with Crippen molar-refractivity contribution in [3.8, 4) is 0 Å². The Morgan fingerprint density at radius 1 is 1.61 bits per heavy atom. The molecule has 1 aromatic heterocycles. The fraction of sp³-hybridized carbons (Fsp3) is 0.692. The van der Waals surface area contributed by atoms with Gasteiger partial charge in [-0.3, -0.25) is 4.79 Å². The molecule has 1 heterocycles. The SMILES string of the molecule is CCC(CCCl)CNc1nccn(C2CC2)c1=O. The zero-order chi connectivity index (χ0) is 13.0. The summed E-state index contributed by atoms with van der Waals surface area (Å²) in [6, 6.07) is 0.394. The molecular weight excluding hydrogens is 250 g/mol. The van der Waals surface area contributed by atoms with Gasteiger partial charge in [0.25, 0.3) is 5.56 Å². The maximum absolute atomic E-state index is 12.1. The van der Waals surface area contributed by atoms with Crippen LogP contribution in [-0.4, -0.2) is 22.0 Å². The lowest BCUT2D eigenvalue weighted by atomic mass is 10.0. The number of aromatic nitrogens is 2. The molecule has 5 heteroatoms. The molecule has 1 saturated carbocycles. The quantitative estimate of drug-likeness (QED) is 0.774. The Kier molecular flexibility index (Phi) is 4.64. The van der Waals surface area contributed by atoms with Crippen molar-refractivity contribution in [2.45, 2.75) is 38.6 Å². The molecule has 18 heavy (non-hydrogen) atoms. The molecule has 1 atom stereocenters. The van der Waals surface area contributed by atoms with Crippen LogP contribution >= 0.6 is 11.6 Å². The Hall–Kier alpha value is -1.03. The minimum Gasteiger partial charge on any atom is -0.365 e. The third-order valence-electron chi connectivity index (χ3n) is 3.46. The van der Waals surface area contributed by atoms with E-state index in [1.807, 2.05) is 0 Å². The van der Waals surface area contributed by atoms with Gasteiger partial charge in [0.15, 0.2) is 5.82 Å². The molecule has 2 rings (SSSR count). The Morgan fingerprint density at radius 2 is 2.39 bits per heavy atom. The third-order valence-corrected chi connectivity index (χ3v) is 3.68. The van der Waals surface area contributed by atoms with Gasteiger partial charge in [-0.25, -0.2) is 4.98 Å². The number of hydrogen-bond donors (Lipinski definition) is 1. The molecule has 1 N–H and O–H groups in total. The molecule has 4 nitrogen and oxygen atoms in total. The maximum atomic E-state index is 12.1. The van der Waals surface area contributed by atoms with Gasteiger partial charge in [0.2, 0.25) is 0 Å². The summed E-state index contributed by atoms with van der Waals surface area (Å²) in [5.74, 6) is 1.63. The van der Waals surface area contributed by atoms with Crippen LogP contribution in [0.4, 0.5) is 5.82 Å². The van der Waals surface area contributed by atoms with Crippen LogP contribution in [0.15, 0.2) is 17.2 Å². The van der Waals surface area contributed by atoms with Gasteiger partial charge in [-0.2, -0.15) is 0 Å². The molecule has 0 saturated heterocycles. The summed E-state index contributed by atoms with van der Waals surface area (Å²) in [4.78, 5) is 16.3. The van der Waals surface area contributed by atoms with Gasteiger partial charge in [0.05, 0.1) is 0 Å². The lowest BCUT2D eigenvalue weighted by molar-refractivity contribution is 0.520. The molecule has 0 bridgehead atoms. The highest BCUT2D eigenvalue weighted by Gasteiger charge is 2.25. The summed E-state index contributed by atoms with van der Waals surface area (Å²) in [6.07, 6.45) is 7.71. The van der Waals surface area contributed by atoms with Crippen LogP contribution in [0.25, 0.3) is 0 Å². The zero-order valence-corrected chi connectivity index (χ0v) is 11.5. The van der Waals surface area contributed by atoms with E-state index in [1.54, 1.807) is 17.0 Å². The second kappa shape index (κ2) is 6.23. The average Bonchev–Trinajstić information content (AvgIpc) is 3.20. The van der Waals surface area contributed by atoms with Gasteiger partial charge in [-0.15, -0.1) is 11.6 Å². The average molecular weight is 270 g/mol. The van der Waals surface area contributed by atoms with Crippen LogP contribution in [0, 0.1) is 5.92 Å². The maximum Gasteiger partial charge on any atom is 0.293 e. The first-order valence-corrected chi connectivity index (χ1v) is 7.16. The van der Waals surface area contributed by atoms with E-state index in [0.717, 1.165) is 32.2 Å². The Morgan fingerprint density at radius 3 is 3.00 bits per heavy atom. The Bertz CT molecular complexity index is 442. The number of nitrogens with one attached hydrogen (secondary N) is 1. The highest BCUT2D eigenvalue weighted by molar-refractivity contribution is 6.17. The lowest BCUT2D eigenvalue weighted by Gasteiger charge is -2.14. The first kappa shape index (κ1) is 13.4. The standard InChI is InChI=1S/C13H20ClN3O/c1-2-10(5-6-14)9-16-12-13(18)17(8-7-15-12)11-3-4-11/h7-8,10-11H,2-6,9H2,1H3,(H,15,16).